The van der Waals surface area contributed by atoms with Crippen molar-refractivity contribution < 1.29 is 24.2 Å². The lowest BCUT2D eigenvalue weighted by atomic mass is 9.98. The van der Waals surface area contributed by atoms with Crippen molar-refractivity contribution in [2.24, 2.45) is 0 Å². The average Bonchev–Trinajstić information content (AvgIpc) is 3.45. The fraction of sp³-hybridized carbons (Fsp3) is 0.308. The molecule has 1 aliphatic rings. The largest absolute Gasteiger partial charge is 0.480 e. The van der Waals surface area contributed by atoms with Crippen LogP contribution in [0.1, 0.15) is 40.9 Å². The summed E-state index contributed by atoms with van der Waals surface area (Å²) in [5.74, 6) is -1.54. The van der Waals surface area contributed by atoms with Gasteiger partial charge in [-0.1, -0.05) is 55.5 Å². The number of carboxylic acids is 1. The van der Waals surface area contributed by atoms with Gasteiger partial charge in [0.2, 0.25) is 0 Å². The normalized spacial score (nSPS) is 13.0. The lowest BCUT2D eigenvalue weighted by Crippen LogP contribution is -2.42. The van der Waals surface area contributed by atoms with Crippen LogP contribution >= 0.6 is 0 Å². The third kappa shape index (κ3) is 5.03. The summed E-state index contributed by atoms with van der Waals surface area (Å²) < 4.78 is 7.18. The summed E-state index contributed by atoms with van der Waals surface area (Å²) in [5.41, 5.74) is 4.78. The molecule has 0 bridgehead atoms. The van der Waals surface area contributed by atoms with Crippen molar-refractivity contribution in [1.29, 1.82) is 0 Å². The minimum Gasteiger partial charge on any atom is -0.480 e. The fourth-order valence-electron chi connectivity index (χ4n) is 4.47. The topological polar surface area (TPSA) is 114 Å². The predicted molar refractivity (Wildman–Crippen MR) is 129 cm³/mol. The number of aromatic nitrogens is 2. The molecule has 4 rings (SSSR count). The molecule has 2 N–H and O–H groups in total. The second kappa shape index (κ2) is 10.4. The number of amides is 2. The first-order chi connectivity index (χ1) is 16.9. The smallest absolute Gasteiger partial charge is 0.407 e. The highest BCUT2D eigenvalue weighted by Crippen LogP contribution is 2.44. The number of ether oxygens (including phenoxy) is 1. The molecule has 9 heteroatoms. The number of nitrogens with zero attached hydrogens (tertiary/aromatic N) is 3. The number of imidazole rings is 1. The van der Waals surface area contributed by atoms with Gasteiger partial charge in [-0.05, 0) is 28.7 Å². The molecule has 1 unspecified atom stereocenters. The summed E-state index contributed by atoms with van der Waals surface area (Å²) >= 11 is 0. The van der Waals surface area contributed by atoms with Crippen LogP contribution < -0.4 is 5.32 Å². The van der Waals surface area contributed by atoms with Crippen LogP contribution in [0.5, 0.6) is 0 Å². The van der Waals surface area contributed by atoms with Gasteiger partial charge in [0.1, 0.15) is 18.3 Å². The van der Waals surface area contributed by atoms with E-state index in [1.807, 2.05) is 24.3 Å². The molecule has 2 amide bonds. The van der Waals surface area contributed by atoms with Gasteiger partial charge in [0, 0.05) is 32.3 Å². The van der Waals surface area contributed by atoms with Crippen molar-refractivity contribution in [3.63, 3.8) is 0 Å². The zero-order valence-electron chi connectivity index (χ0n) is 19.7. The number of nitrogens with one attached hydrogen (secondary N) is 1. The van der Waals surface area contributed by atoms with Crippen LogP contribution in [0.4, 0.5) is 4.79 Å². The van der Waals surface area contributed by atoms with Gasteiger partial charge < -0.3 is 24.6 Å². The number of rotatable bonds is 9. The van der Waals surface area contributed by atoms with Gasteiger partial charge in [0.25, 0.3) is 5.91 Å². The molecule has 0 radical (unpaired) electrons. The Morgan fingerprint density at radius 2 is 1.74 bits per heavy atom. The van der Waals surface area contributed by atoms with Crippen molar-refractivity contribution in [3.05, 3.63) is 77.9 Å². The van der Waals surface area contributed by atoms with Crippen LogP contribution in [0.2, 0.25) is 0 Å². The van der Waals surface area contributed by atoms with Crippen LogP contribution in [-0.2, 0) is 16.1 Å². The highest BCUT2D eigenvalue weighted by molar-refractivity contribution is 5.94. The fourth-order valence-corrected chi connectivity index (χ4v) is 4.47. The van der Waals surface area contributed by atoms with Crippen LogP contribution in [0.3, 0.4) is 0 Å². The minimum absolute atomic E-state index is 0.00916. The van der Waals surface area contributed by atoms with E-state index in [4.69, 9.17) is 4.74 Å². The Morgan fingerprint density at radius 3 is 2.34 bits per heavy atom. The van der Waals surface area contributed by atoms with E-state index in [-0.39, 0.29) is 24.8 Å². The first kappa shape index (κ1) is 24.0. The molecule has 0 spiro atoms. The Hall–Kier alpha value is -4.14. The van der Waals surface area contributed by atoms with E-state index in [0.29, 0.717) is 13.0 Å². The molecule has 0 fully saturated rings. The average molecular weight is 477 g/mol. The van der Waals surface area contributed by atoms with Crippen molar-refractivity contribution in [2.45, 2.75) is 31.8 Å². The van der Waals surface area contributed by atoms with Crippen molar-refractivity contribution >= 4 is 18.0 Å². The molecule has 182 valence electrons. The maximum absolute atomic E-state index is 12.5. The maximum Gasteiger partial charge on any atom is 0.407 e. The minimum atomic E-state index is -1.06. The number of hydrogen-bond donors (Lipinski definition) is 2. The van der Waals surface area contributed by atoms with Crippen molar-refractivity contribution in [2.75, 3.05) is 20.2 Å². The lowest BCUT2D eigenvalue weighted by molar-refractivity contribution is -0.142. The van der Waals surface area contributed by atoms with Crippen molar-refractivity contribution in [3.8, 4) is 11.1 Å². The third-order valence-corrected chi connectivity index (χ3v) is 6.29. The lowest BCUT2D eigenvalue weighted by Gasteiger charge is -2.22. The van der Waals surface area contributed by atoms with E-state index in [9.17, 15) is 19.5 Å². The van der Waals surface area contributed by atoms with Gasteiger partial charge in [-0.2, -0.15) is 0 Å². The Morgan fingerprint density at radius 1 is 1.11 bits per heavy atom. The highest BCUT2D eigenvalue weighted by atomic mass is 16.5. The molecular weight excluding hydrogens is 448 g/mol. The van der Waals surface area contributed by atoms with Crippen LogP contribution in [0, 0.1) is 0 Å². The van der Waals surface area contributed by atoms with Gasteiger partial charge in [-0.15, -0.1) is 0 Å². The second-order valence-electron chi connectivity index (χ2n) is 8.43. The number of hydrogen-bond acceptors (Lipinski definition) is 5. The Bertz CT molecular complexity index is 1190. The molecule has 1 aromatic heterocycles. The molecule has 2 aromatic carbocycles. The SMILES string of the molecule is CCC(C(=O)O)N(C)C(=O)c1cn(CCNC(=O)OCC2c3ccccc3-c3ccccc32)cn1. The Labute approximate surface area is 203 Å². The Kier molecular flexibility index (Phi) is 7.14. The van der Waals surface area contributed by atoms with Gasteiger partial charge in [0.15, 0.2) is 0 Å². The molecule has 0 saturated heterocycles. The van der Waals surface area contributed by atoms with E-state index < -0.39 is 24.0 Å². The second-order valence-corrected chi connectivity index (χ2v) is 8.43. The predicted octanol–water partition coefficient (Wildman–Crippen LogP) is 3.36. The van der Waals surface area contributed by atoms with Gasteiger partial charge in [-0.3, -0.25) is 4.79 Å². The first-order valence-electron chi connectivity index (χ1n) is 11.5. The molecule has 1 atom stereocenters. The molecule has 0 saturated carbocycles. The number of aliphatic carboxylic acids is 1. The van der Waals surface area contributed by atoms with E-state index in [1.165, 1.54) is 35.6 Å². The van der Waals surface area contributed by atoms with E-state index >= 15 is 0 Å². The number of carbonyl (C=O) groups is 3. The maximum atomic E-state index is 12.5. The summed E-state index contributed by atoms with van der Waals surface area (Å²) in [7, 11) is 1.45. The highest BCUT2D eigenvalue weighted by Gasteiger charge is 2.29. The third-order valence-electron chi connectivity index (χ3n) is 6.29. The molecule has 0 aliphatic heterocycles. The molecule has 3 aromatic rings. The number of carboxylic acid groups (broad SMARTS) is 1. The summed E-state index contributed by atoms with van der Waals surface area (Å²) in [4.78, 5) is 41.4. The molecule has 1 aliphatic carbocycles. The van der Waals surface area contributed by atoms with E-state index in [2.05, 4.69) is 34.6 Å². The number of likely N-dealkylation sites (N-methyl/N-ethyl adjacent to an activating group) is 1. The number of benzene rings is 2. The van der Waals surface area contributed by atoms with Crippen molar-refractivity contribution in [1.82, 2.24) is 19.8 Å². The summed E-state index contributed by atoms with van der Waals surface area (Å²) in [6.45, 7) is 2.60. The monoisotopic (exact) mass is 476 g/mol. The number of fused-ring (bicyclic) bond motifs is 3. The summed E-state index contributed by atoms with van der Waals surface area (Å²) in [5, 5.41) is 12.0. The number of alkyl carbamates (subject to hydrolysis) is 1. The molecule has 1 heterocycles. The van der Waals surface area contributed by atoms with E-state index in [1.54, 1.807) is 11.5 Å². The number of carbonyl (C=O) groups excluding carboxylic acids is 2. The zero-order chi connectivity index (χ0) is 24.9. The van der Waals surface area contributed by atoms with Gasteiger partial charge >= 0.3 is 12.1 Å². The van der Waals surface area contributed by atoms with Gasteiger partial charge in [-0.25, -0.2) is 14.6 Å². The Balaban J connectivity index is 1.28. The van der Waals surface area contributed by atoms with E-state index in [0.717, 1.165) is 11.1 Å². The standard InChI is InChI=1S/C26H28N4O5/c1-3-23(25(32)33)29(2)24(31)22-14-30(16-28-22)13-12-27-26(34)35-15-21-19-10-6-4-8-17(19)18-9-5-7-11-20(18)21/h4-11,14,16,21,23H,3,12-13,15H2,1-2H3,(H,27,34)(H,32,33). The first-order valence-corrected chi connectivity index (χ1v) is 11.5. The summed E-state index contributed by atoms with van der Waals surface area (Å²) in [6, 6.07) is 15.4. The van der Waals surface area contributed by atoms with Crippen LogP contribution in [0.25, 0.3) is 11.1 Å². The quantitative estimate of drug-likeness (QED) is 0.490. The molecule has 9 nitrogen and oxygen atoms in total. The van der Waals surface area contributed by atoms with Crippen LogP contribution in [-0.4, -0.2) is 63.8 Å². The van der Waals surface area contributed by atoms with Crippen LogP contribution in [0.15, 0.2) is 61.1 Å². The molecule has 35 heavy (non-hydrogen) atoms. The zero-order valence-corrected chi connectivity index (χ0v) is 19.7. The molecular formula is C26H28N4O5. The van der Waals surface area contributed by atoms with Gasteiger partial charge in [0.05, 0.1) is 6.33 Å². The summed E-state index contributed by atoms with van der Waals surface area (Å²) in [6.07, 6.45) is 2.78.